The van der Waals surface area contributed by atoms with Crippen molar-refractivity contribution in [3.63, 3.8) is 0 Å². The van der Waals surface area contributed by atoms with Gasteiger partial charge in [-0.1, -0.05) is 0 Å². The Bertz CT molecular complexity index is 372. The lowest BCUT2D eigenvalue weighted by atomic mass is 10.0. The lowest BCUT2D eigenvalue weighted by Gasteiger charge is -2.15. The third-order valence-electron chi connectivity index (χ3n) is 2.39. The molecule has 0 fully saturated rings. The molecule has 0 atom stereocenters. The van der Waals surface area contributed by atoms with Gasteiger partial charge in [0, 0.05) is 30.0 Å². The van der Waals surface area contributed by atoms with E-state index in [-0.39, 0.29) is 0 Å². The Hall–Kier alpha value is -1.51. The van der Waals surface area contributed by atoms with Crippen LogP contribution in [0.3, 0.4) is 0 Å². The maximum absolute atomic E-state index is 5.31. The first kappa shape index (κ1) is 9.06. The topological polar surface area (TPSA) is 30.8 Å². The van der Waals surface area contributed by atoms with Gasteiger partial charge in [-0.2, -0.15) is 0 Å². The van der Waals surface area contributed by atoms with Crippen LogP contribution in [-0.2, 0) is 6.42 Å². The maximum atomic E-state index is 5.31. The van der Waals surface area contributed by atoms with Gasteiger partial charge in [0.1, 0.15) is 11.5 Å². The summed E-state index contributed by atoms with van der Waals surface area (Å²) in [6.07, 6.45) is 2.82. The van der Waals surface area contributed by atoms with Crippen LogP contribution < -0.4 is 9.47 Å². The van der Waals surface area contributed by atoms with Gasteiger partial charge in [0.2, 0.25) is 0 Å². The Labute approximate surface area is 83.4 Å². The predicted octanol–water partition coefficient (Wildman–Crippen LogP) is 1.68. The lowest BCUT2D eigenvalue weighted by molar-refractivity contribution is 0.390. The fraction of sp³-hybridized carbons (Fsp3) is 0.364. The van der Waals surface area contributed by atoms with Gasteiger partial charge in [-0.05, 0) is 12.5 Å². The van der Waals surface area contributed by atoms with Crippen molar-refractivity contribution < 1.29 is 9.47 Å². The Balaban J connectivity index is 2.54. The van der Waals surface area contributed by atoms with E-state index in [1.54, 1.807) is 14.2 Å². The van der Waals surface area contributed by atoms with Crippen molar-refractivity contribution in [2.24, 2.45) is 4.99 Å². The zero-order valence-corrected chi connectivity index (χ0v) is 8.41. The van der Waals surface area contributed by atoms with Crippen LogP contribution in [0.25, 0.3) is 0 Å². The van der Waals surface area contributed by atoms with Crippen molar-refractivity contribution in [2.75, 3.05) is 20.8 Å². The summed E-state index contributed by atoms with van der Waals surface area (Å²) in [5.41, 5.74) is 2.33. The number of hydrogen-bond donors (Lipinski definition) is 0. The number of methoxy groups -OCH3 is 2. The van der Waals surface area contributed by atoms with Crippen molar-refractivity contribution >= 4 is 6.21 Å². The molecular weight excluding hydrogens is 178 g/mol. The van der Waals surface area contributed by atoms with Crippen molar-refractivity contribution in [1.29, 1.82) is 0 Å². The molecule has 3 heteroatoms. The number of hydrogen-bond acceptors (Lipinski definition) is 3. The van der Waals surface area contributed by atoms with Gasteiger partial charge in [-0.3, -0.25) is 4.99 Å². The van der Waals surface area contributed by atoms with Gasteiger partial charge in [-0.25, -0.2) is 0 Å². The van der Waals surface area contributed by atoms with Gasteiger partial charge in [0.25, 0.3) is 0 Å². The summed E-state index contributed by atoms with van der Waals surface area (Å²) >= 11 is 0. The molecule has 74 valence electrons. The molecule has 0 amide bonds. The minimum Gasteiger partial charge on any atom is -0.497 e. The van der Waals surface area contributed by atoms with Crippen LogP contribution in [-0.4, -0.2) is 27.0 Å². The molecule has 1 aliphatic heterocycles. The second-order valence-electron chi connectivity index (χ2n) is 3.18. The molecule has 0 bridgehead atoms. The maximum Gasteiger partial charge on any atom is 0.126 e. The van der Waals surface area contributed by atoms with Crippen LogP contribution in [0, 0.1) is 0 Å². The SMILES string of the molecule is COc1cc2c(c(OC)c1)CCN=C2. The smallest absolute Gasteiger partial charge is 0.126 e. The van der Waals surface area contributed by atoms with E-state index in [0.29, 0.717) is 0 Å². The van der Waals surface area contributed by atoms with Crippen molar-refractivity contribution in [2.45, 2.75) is 6.42 Å². The number of benzene rings is 1. The van der Waals surface area contributed by atoms with Gasteiger partial charge < -0.3 is 9.47 Å². The van der Waals surface area contributed by atoms with Crippen LogP contribution in [0.1, 0.15) is 11.1 Å². The van der Waals surface area contributed by atoms with Crippen molar-refractivity contribution in [3.8, 4) is 11.5 Å². The van der Waals surface area contributed by atoms with Crippen LogP contribution in [0.4, 0.5) is 0 Å². The second kappa shape index (κ2) is 3.70. The molecule has 0 unspecified atom stereocenters. The van der Waals surface area contributed by atoms with Gasteiger partial charge >= 0.3 is 0 Å². The third-order valence-corrected chi connectivity index (χ3v) is 2.39. The molecule has 1 aromatic carbocycles. The molecule has 1 heterocycles. The Kier molecular flexibility index (Phi) is 2.39. The summed E-state index contributed by atoms with van der Waals surface area (Å²) in [4.78, 5) is 4.23. The molecule has 0 spiro atoms. The standard InChI is InChI=1S/C11H13NO2/c1-13-9-5-8-7-12-4-3-10(8)11(6-9)14-2/h5-7H,3-4H2,1-2H3. The van der Waals surface area contributed by atoms with E-state index in [2.05, 4.69) is 4.99 Å². The average molecular weight is 191 g/mol. The fourth-order valence-electron chi connectivity index (χ4n) is 1.66. The molecule has 0 saturated carbocycles. The first-order chi connectivity index (χ1) is 6.85. The number of rotatable bonds is 2. The van der Waals surface area contributed by atoms with E-state index in [4.69, 9.17) is 9.47 Å². The van der Waals surface area contributed by atoms with E-state index < -0.39 is 0 Å². The summed E-state index contributed by atoms with van der Waals surface area (Å²) in [5.74, 6) is 1.71. The number of fused-ring (bicyclic) bond motifs is 1. The van der Waals surface area contributed by atoms with Crippen LogP contribution in [0.5, 0.6) is 11.5 Å². The molecular formula is C11H13NO2. The predicted molar refractivity (Wildman–Crippen MR) is 55.7 cm³/mol. The molecule has 0 aliphatic carbocycles. The van der Waals surface area contributed by atoms with Crippen molar-refractivity contribution in [1.82, 2.24) is 0 Å². The van der Waals surface area contributed by atoms with Crippen molar-refractivity contribution in [3.05, 3.63) is 23.3 Å². The molecule has 2 rings (SSSR count). The molecule has 0 aromatic heterocycles. The van der Waals surface area contributed by atoms with Crippen LogP contribution in [0.2, 0.25) is 0 Å². The quantitative estimate of drug-likeness (QED) is 0.712. The van der Waals surface area contributed by atoms with E-state index >= 15 is 0 Å². The number of aliphatic imine (C=N–C) groups is 1. The summed E-state index contributed by atoms with van der Waals surface area (Å²) in [5, 5.41) is 0. The highest BCUT2D eigenvalue weighted by Crippen LogP contribution is 2.29. The molecule has 14 heavy (non-hydrogen) atoms. The summed E-state index contributed by atoms with van der Waals surface area (Å²) in [6, 6.07) is 3.90. The molecule has 0 N–H and O–H groups in total. The zero-order chi connectivity index (χ0) is 9.97. The highest BCUT2D eigenvalue weighted by molar-refractivity contribution is 5.85. The molecule has 1 aromatic rings. The fourth-order valence-corrected chi connectivity index (χ4v) is 1.66. The van der Waals surface area contributed by atoms with E-state index in [1.165, 1.54) is 5.56 Å². The van der Waals surface area contributed by atoms with E-state index in [0.717, 1.165) is 30.0 Å². The summed E-state index contributed by atoms with van der Waals surface area (Å²) in [6.45, 7) is 0.843. The van der Waals surface area contributed by atoms with E-state index in [9.17, 15) is 0 Å². The Morgan fingerprint density at radius 1 is 1.21 bits per heavy atom. The lowest BCUT2D eigenvalue weighted by Crippen LogP contribution is -2.05. The second-order valence-corrected chi connectivity index (χ2v) is 3.18. The van der Waals surface area contributed by atoms with Gasteiger partial charge in [0.05, 0.1) is 14.2 Å². The molecule has 3 nitrogen and oxygen atoms in total. The first-order valence-corrected chi connectivity index (χ1v) is 4.60. The number of nitrogens with zero attached hydrogens (tertiary/aromatic N) is 1. The van der Waals surface area contributed by atoms with Gasteiger partial charge in [-0.15, -0.1) is 0 Å². The first-order valence-electron chi connectivity index (χ1n) is 4.60. The highest BCUT2D eigenvalue weighted by Gasteiger charge is 2.12. The number of ether oxygens (including phenoxy) is 2. The summed E-state index contributed by atoms with van der Waals surface area (Å²) in [7, 11) is 3.34. The third kappa shape index (κ3) is 1.45. The molecule has 1 aliphatic rings. The monoisotopic (exact) mass is 191 g/mol. The molecule has 0 radical (unpaired) electrons. The molecule has 0 saturated heterocycles. The average Bonchev–Trinajstić information content (AvgIpc) is 2.27. The Morgan fingerprint density at radius 2 is 2.07 bits per heavy atom. The van der Waals surface area contributed by atoms with Crippen LogP contribution in [0.15, 0.2) is 17.1 Å². The van der Waals surface area contributed by atoms with Crippen LogP contribution >= 0.6 is 0 Å². The normalized spacial score (nSPS) is 13.6. The minimum atomic E-state index is 0.814. The minimum absolute atomic E-state index is 0.814. The van der Waals surface area contributed by atoms with E-state index in [1.807, 2.05) is 18.3 Å². The van der Waals surface area contributed by atoms with Gasteiger partial charge in [0.15, 0.2) is 0 Å². The largest absolute Gasteiger partial charge is 0.497 e. The zero-order valence-electron chi connectivity index (χ0n) is 8.41. The highest BCUT2D eigenvalue weighted by atomic mass is 16.5. The summed E-state index contributed by atoms with van der Waals surface area (Å²) < 4.78 is 10.5. The Morgan fingerprint density at radius 3 is 2.79 bits per heavy atom.